The molecule has 0 spiro atoms. The zero-order valence-electron chi connectivity index (χ0n) is 32.2. The Hall–Kier alpha value is -7.34. The third-order valence-electron chi connectivity index (χ3n) is 12.0. The predicted molar refractivity (Wildman–Crippen MR) is 245 cm³/mol. The standard InChI is InChI=1S/C54H38FN3Si/c55-53(39-19-16-18-38(36-39)46-29-14-15-35-56-46)40-20-17-23-42(37-40)58-48-31-12-13-32-51(48)59(43-24-6-2-7-25-43,44-26-8-3-9-27-44)54-50(58)34-33-49-52(54)45-28-10-11-30-47(45)57(49)41-21-4-1-5-22-41/h1-37,53H. The highest BCUT2D eigenvalue weighted by Crippen LogP contribution is 2.44. The van der Waals surface area contributed by atoms with Crippen LogP contribution in [0.15, 0.2) is 225 Å². The fraction of sp³-hybridized carbons (Fsp3) is 0.0185. The van der Waals surface area contributed by atoms with Gasteiger partial charge in [0, 0.05) is 45.3 Å². The lowest BCUT2D eigenvalue weighted by atomic mass is 9.99. The van der Waals surface area contributed by atoms with Crippen LogP contribution in [0.2, 0.25) is 0 Å². The highest BCUT2D eigenvalue weighted by atomic mass is 28.3. The van der Waals surface area contributed by atoms with Crippen LogP contribution in [0.5, 0.6) is 0 Å². The Morgan fingerprint density at radius 1 is 0.475 bits per heavy atom. The molecule has 3 heterocycles. The average Bonchev–Trinajstić information content (AvgIpc) is 3.66. The lowest BCUT2D eigenvalue weighted by Crippen LogP contribution is -2.77. The van der Waals surface area contributed by atoms with Gasteiger partial charge >= 0.3 is 0 Å². The predicted octanol–water partition coefficient (Wildman–Crippen LogP) is 11.1. The van der Waals surface area contributed by atoms with Gasteiger partial charge in [-0.3, -0.25) is 4.98 Å². The molecule has 11 rings (SSSR count). The molecule has 1 unspecified atom stereocenters. The van der Waals surface area contributed by atoms with Gasteiger partial charge in [0.05, 0.1) is 16.7 Å². The maximum absolute atomic E-state index is 17.0. The number of para-hydroxylation sites is 3. The summed E-state index contributed by atoms with van der Waals surface area (Å²) in [6, 6.07) is 76.9. The normalized spacial score (nSPS) is 13.5. The molecule has 280 valence electrons. The molecule has 59 heavy (non-hydrogen) atoms. The van der Waals surface area contributed by atoms with Crippen molar-refractivity contribution in [2.24, 2.45) is 0 Å². The molecule has 0 bridgehead atoms. The molecule has 10 aromatic rings. The summed E-state index contributed by atoms with van der Waals surface area (Å²) in [7, 11) is -3.08. The highest BCUT2D eigenvalue weighted by molar-refractivity contribution is 7.22. The van der Waals surface area contributed by atoms with Crippen LogP contribution in [0, 0.1) is 0 Å². The average molecular weight is 776 g/mol. The van der Waals surface area contributed by atoms with Crippen molar-refractivity contribution >= 4 is 67.7 Å². The molecule has 1 aliphatic heterocycles. The van der Waals surface area contributed by atoms with E-state index in [2.05, 4.69) is 172 Å². The van der Waals surface area contributed by atoms with Crippen molar-refractivity contribution in [1.82, 2.24) is 9.55 Å². The first-order chi connectivity index (χ1) is 29.2. The number of halogens is 1. The van der Waals surface area contributed by atoms with E-state index >= 15 is 4.39 Å². The summed E-state index contributed by atoms with van der Waals surface area (Å²) >= 11 is 0. The fourth-order valence-electron chi connectivity index (χ4n) is 9.54. The number of aromatic nitrogens is 2. The largest absolute Gasteiger partial charge is 0.311 e. The highest BCUT2D eigenvalue weighted by Gasteiger charge is 2.50. The van der Waals surface area contributed by atoms with Gasteiger partial charge in [0.15, 0.2) is 14.2 Å². The molecule has 0 saturated carbocycles. The maximum Gasteiger partial charge on any atom is 0.184 e. The minimum atomic E-state index is -3.08. The van der Waals surface area contributed by atoms with Crippen molar-refractivity contribution in [3.8, 4) is 16.9 Å². The van der Waals surface area contributed by atoms with E-state index in [9.17, 15) is 0 Å². The van der Waals surface area contributed by atoms with Crippen LogP contribution in [-0.2, 0) is 0 Å². The van der Waals surface area contributed by atoms with Crippen molar-refractivity contribution < 1.29 is 4.39 Å². The summed E-state index contributed by atoms with van der Waals surface area (Å²) in [5.74, 6) is 0. The first-order valence-corrected chi connectivity index (χ1v) is 22.1. The molecule has 0 radical (unpaired) electrons. The van der Waals surface area contributed by atoms with Crippen LogP contribution < -0.4 is 25.6 Å². The SMILES string of the molecule is FC(c1cccc(-c2ccccn2)c1)c1cccc(N2c3ccccc3[Si](c3ccccc3)(c3ccccc3)c3c2ccc2c3c3ccccc3n2-c2ccccc2)c1. The molecule has 0 N–H and O–H groups in total. The number of pyridine rings is 1. The van der Waals surface area contributed by atoms with Crippen molar-refractivity contribution in [2.45, 2.75) is 6.17 Å². The molecule has 1 atom stereocenters. The minimum Gasteiger partial charge on any atom is -0.311 e. The quantitative estimate of drug-likeness (QED) is 0.150. The van der Waals surface area contributed by atoms with Gasteiger partial charge in [-0.05, 0) is 98.6 Å². The van der Waals surface area contributed by atoms with Crippen LogP contribution in [0.25, 0.3) is 38.8 Å². The number of hydrogen-bond acceptors (Lipinski definition) is 2. The number of anilines is 3. The summed E-state index contributed by atoms with van der Waals surface area (Å²) in [6.07, 6.45) is 0.430. The summed E-state index contributed by atoms with van der Waals surface area (Å²) in [6.45, 7) is 0. The first-order valence-electron chi connectivity index (χ1n) is 20.1. The van der Waals surface area contributed by atoms with E-state index in [-0.39, 0.29) is 0 Å². The van der Waals surface area contributed by atoms with Gasteiger partial charge in [-0.1, -0.05) is 152 Å². The van der Waals surface area contributed by atoms with E-state index in [0.717, 1.165) is 45.0 Å². The van der Waals surface area contributed by atoms with Gasteiger partial charge in [-0.15, -0.1) is 0 Å². The van der Waals surface area contributed by atoms with Gasteiger partial charge in [0.1, 0.15) is 0 Å². The van der Waals surface area contributed by atoms with Gasteiger partial charge < -0.3 is 9.47 Å². The Morgan fingerprint density at radius 2 is 1.10 bits per heavy atom. The lowest BCUT2D eigenvalue weighted by molar-refractivity contribution is 0.402. The summed E-state index contributed by atoms with van der Waals surface area (Å²) < 4.78 is 19.4. The molecule has 1 aliphatic rings. The molecule has 2 aromatic heterocycles. The van der Waals surface area contributed by atoms with Crippen molar-refractivity contribution in [3.63, 3.8) is 0 Å². The number of nitrogens with zero attached hydrogens (tertiary/aromatic N) is 3. The van der Waals surface area contributed by atoms with E-state index in [4.69, 9.17) is 0 Å². The van der Waals surface area contributed by atoms with Crippen LogP contribution in [0.1, 0.15) is 17.3 Å². The maximum atomic E-state index is 17.0. The molecule has 5 heteroatoms. The third-order valence-corrected chi connectivity index (χ3v) is 16.9. The van der Waals surface area contributed by atoms with Crippen LogP contribution in [-0.4, -0.2) is 17.6 Å². The zero-order chi connectivity index (χ0) is 39.3. The number of benzene rings is 8. The summed E-state index contributed by atoms with van der Waals surface area (Å²) in [5.41, 5.74) is 9.47. The number of hydrogen-bond donors (Lipinski definition) is 0. The second-order valence-electron chi connectivity index (χ2n) is 15.2. The number of fused-ring (bicyclic) bond motifs is 6. The van der Waals surface area contributed by atoms with Gasteiger partial charge in [0.25, 0.3) is 0 Å². The molecule has 3 nitrogen and oxygen atoms in total. The molecule has 0 fully saturated rings. The smallest absolute Gasteiger partial charge is 0.184 e. The Balaban J connectivity index is 1.21. The van der Waals surface area contributed by atoms with Gasteiger partial charge in [-0.2, -0.15) is 0 Å². The topological polar surface area (TPSA) is 21.1 Å². The molecular weight excluding hydrogens is 738 g/mol. The Kier molecular flexibility index (Phi) is 8.42. The van der Waals surface area contributed by atoms with E-state index < -0.39 is 14.2 Å². The Morgan fingerprint density at radius 3 is 1.85 bits per heavy atom. The number of rotatable bonds is 7. The minimum absolute atomic E-state index is 0.597. The van der Waals surface area contributed by atoms with Gasteiger partial charge in [-0.25, -0.2) is 4.39 Å². The molecule has 0 amide bonds. The van der Waals surface area contributed by atoms with Crippen LogP contribution in [0.4, 0.5) is 21.5 Å². The van der Waals surface area contributed by atoms with E-state index in [1.54, 1.807) is 6.20 Å². The summed E-state index contributed by atoms with van der Waals surface area (Å²) in [5, 5.41) is 7.69. The Bertz CT molecular complexity index is 3090. The fourth-order valence-corrected chi connectivity index (χ4v) is 14.9. The second kappa shape index (κ2) is 14.2. The van der Waals surface area contributed by atoms with Crippen molar-refractivity contribution in [3.05, 3.63) is 236 Å². The molecule has 0 aliphatic carbocycles. The van der Waals surface area contributed by atoms with E-state index in [0.29, 0.717) is 11.1 Å². The van der Waals surface area contributed by atoms with E-state index in [1.807, 2.05) is 60.7 Å². The first kappa shape index (κ1) is 34.9. The van der Waals surface area contributed by atoms with Crippen molar-refractivity contribution in [1.29, 1.82) is 0 Å². The molecule has 8 aromatic carbocycles. The van der Waals surface area contributed by atoms with Crippen LogP contribution in [0.3, 0.4) is 0 Å². The third kappa shape index (κ3) is 5.50. The van der Waals surface area contributed by atoms with Crippen LogP contribution >= 0.6 is 0 Å². The van der Waals surface area contributed by atoms with E-state index in [1.165, 1.54) is 31.5 Å². The second-order valence-corrected chi connectivity index (χ2v) is 18.9. The lowest BCUT2D eigenvalue weighted by Gasteiger charge is -2.45. The van der Waals surface area contributed by atoms with Crippen molar-refractivity contribution in [2.75, 3.05) is 4.90 Å². The monoisotopic (exact) mass is 775 g/mol. The summed E-state index contributed by atoms with van der Waals surface area (Å²) in [4.78, 5) is 6.91. The zero-order valence-corrected chi connectivity index (χ0v) is 33.2. The van der Waals surface area contributed by atoms with Gasteiger partial charge in [0.2, 0.25) is 0 Å². The number of alkyl halides is 1. The molecule has 0 saturated heterocycles. The Labute approximate surface area is 343 Å². The molecular formula is C54H38FN3Si.